The normalized spacial score (nSPS) is 17.6. The average molecular weight is 222 g/mol. The molecule has 0 aliphatic heterocycles. The quantitative estimate of drug-likeness (QED) is 0.764. The van der Waals surface area contributed by atoms with Gasteiger partial charge in [-0.25, -0.2) is 0 Å². The lowest BCUT2D eigenvalue weighted by molar-refractivity contribution is -0.144. The van der Waals surface area contributed by atoms with Crippen molar-refractivity contribution in [1.29, 1.82) is 0 Å². The van der Waals surface area contributed by atoms with E-state index in [-0.39, 0.29) is 0 Å². The molecule has 16 heavy (non-hydrogen) atoms. The molecule has 4 heteroatoms. The number of aliphatic carboxylic acids is 1. The van der Waals surface area contributed by atoms with Crippen molar-refractivity contribution in [3.8, 4) is 0 Å². The first kappa shape index (κ1) is 11.2. The van der Waals surface area contributed by atoms with Crippen LogP contribution < -0.4 is 0 Å². The van der Waals surface area contributed by atoms with Crippen molar-refractivity contribution >= 4 is 5.97 Å². The molecule has 0 atom stereocenters. The second-order valence-electron chi connectivity index (χ2n) is 4.79. The van der Waals surface area contributed by atoms with Gasteiger partial charge in [-0.3, -0.25) is 4.79 Å². The Morgan fingerprint density at radius 1 is 1.62 bits per heavy atom. The Morgan fingerprint density at radius 3 is 2.88 bits per heavy atom. The maximum Gasteiger partial charge on any atom is 0.310 e. The summed E-state index contributed by atoms with van der Waals surface area (Å²) in [7, 11) is 2.00. The lowest BCUT2D eigenvalue weighted by Crippen LogP contribution is -2.33. The predicted octanol–water partition coefficient (Wildman–Crippen LogP) is 1.35. The summed E-state index contributed by atoms with van der Waals surface area (Å²) < 4.78 is 0. The minimum atomic E-state index is -0.638. The van der Waals surface area contributed by atoms with Gasteiger partial charge < -0.3 is 15.0 Å². The van der Waals surface area contributed by atoms with Crippen molar-refractivity contribution < 1.29 is 9.90 Å². The third-order valence-corrected chi connectivity index (χ3v) is 3.32. The largest absolute Gasteiger partial charge is 0.481 e. The van der Waals surface area contributed by atoms with E-state index in [2.05, 4.69) is 16.0 Å². The molecule has 1 fully saturated rings. The van der Waals surface area contributed by atoms with Crippen LogP contribution in [-0.4, -0.2) is 41.1 Å². The van der Waals surface area contributed by atoms with Crippen molar-refractivity contribution in [3.05, 3.63) is 24.0 Å². The van der Waals surface area contributed by atoms with Gasteiger partial charge in [-0.05, 0) is 37.9 Å². The smallest absolute Gasteiger partial charge is 0.310 e. The van der Waals surface area contributed by atoms with Gasteiger partial charge in [0.2, 0.25) is 0 Å². The summed E-state index contributed by atoms with van der Waals surface area (Å²) in [6.07, 6.45) is 6.52. The maximum absolute atomic E-state index is 11.0. The second-order valence-corrected chi connectivity index (χ2v) is 4.79. The van der Waals surface area contributed by atoms with Crippen LogP contribution in [0, 0.1) is 5.41 Å². The van der Waals surface area contributed by atoms with Gasteiger partial charge in [0.1, 0.15) is 0 Å². The zero-order valence-corrected chi connectivity index (χ0v) is 9.57. The molecule has 1 aromatic rings. The van der Waals surface area contributed by atoms with E-state index in [1.54, 1.807) is 0 Å². The Hall–Kier alpha value is -1.29. The summed E-state index contributed by atoms with van der Waals surface area (Å²) >= 11 is 0. The third-order valence-electron chi connectivity index (χ3n) is 3.32. The minimum absolute atomic E-state index is 0.438. The summed E-state index contributed by atoms with van der Waals surface area (Å²) in [6, 6.07) is 2.05. The van der Waals surface area contributed by atoms with Gasteiger partial charge in [-0.1, -0.05) is 0 Å². The molecule has 1 aliphatic carbocycles. The molecule has 0 radical (unpaired) electrons. The highest BCUT2D eigenvalue weighted by molar-refractivity contribution is 5.78. The summed E-state index contributed by atoms with van der Waals surface area (Å²) in [6.45, 7) is 1.58. The predicted molar refractivity (Wildman–Crippen MR) is 61.3 cm³/mol. The molecule has 0 aromatic carbocycles. The van der Waals surface area contributed by atoms with E-state index in [0.29, 0.717) is 6.54 Å². The summed E-state index contributed by atoms with van der Waals surface area (Å²) in [5.41, 5.74) is 0.833. The molecule has 1 heterocycles. The molecule has 0 saturated heterocycles. The number of aromatic nitrogens is 1. The van der Waals surface area contributed by atoms with E-state index in [0.717, 1.165) is 25.8 Å². The van der Waals surface area contributed by atoms with Gasteiger partial charge in [0, 0.05) is 25.5 Å². The number of hydrogen-bond acceptors (Lipinski definition) is 2. The van der Waals surface area contributed by atoms with Crippen LogP contribution in [0.25, 0.3) is 0 Å². The van der Waals surface area contributed by atoms with Crippen LogP contribution in [0.15, 0.2) is 18.5 Å². The first-order chi connectivity index (χ1) is 7.62. The number of nitrogens with zero attached hydrogens (tertiary/aromatic N) is 1. The van der Waals surface area contributed by atoms with Crippen LogP contribution >= 0.6 is 0 Å². The molecule has 88 valence electrons. The van der Waals surface area contributed by atoms with Gasteiger partial charge in [-0.15, -0.1) is 0 Å². The lowest BCUT2D eigenvalue weighted by atomic mass is 10.1. The highest BCUT2D eigenvalue weighted by Crippen LogP contribution is 2.46. The fraction of sp³-hybridized carbons (Fsp3) is 0.583. The Bertz CT molecular complexity index is 355. The van der Waals surface area contributed by atoms with Crippen molar-refractivity contribution in [1.82, 2.24) is 9.88 Å². The summed E-state index contributed by atoms with van der Waals surface area (Å²) in [4.78, 5) is 16.2. The second kappa shape index (κ2) is 4.29. The van der Waals surface area contributed by atoms with Crippen LogP contribution in [0.4, 0.5) is 0 Å². The fourth-order valence-corrected chi connectivity index (χ4v) is 2.02. The standard InChI is InChI=1S/C12H18N2O2/c1-14(7-3-10-2-6-13-8-10)9-12(4-5-12)11(15)16/h2,6,8,13H,3-5,7,9H2,1H3,(H,15,16). The molecular formula is C12H18N2O2. The molecule has 0 spiro atoms. The van der Waals surface area contributed by atoms with Gasteiger partial charge in [-0.2, -0.15) is 0 Å². The van der Waals surface area contributed by atoms with Crippen molar-refractivity contribution in [2.45, 2.75) is 19.3 Å². The van der Waals surface area contributed by atoms with Crippen LogP contribution in [0.1, 0.15) is 18.4 Å². The highest BCUT2D eigenvalue weighted by Gasteiger charge is 2.50. The van der Waals surface area contributed by atoms with Gasteiger partial charge in [0.05, 0.1) is 5.41 Å². The van der Waals surface area contributed by atoms with E-state index in [1.165, 1.54) is 5.56 Å². The van der Waals surface area contributed by atoms with E-state index in [9.17, 15) is 4.79 Å². The number of likely N-dealkylation sites (N-methyl/N-ethyl adjacent to an activating group) is 1. The van der Waals surface area contributed by atoms with Crippen LogP contribution in [0.3, 0.4) is 0 Å². The molecule has 1 aromatic heterocycles. The first-order valence-electron chi connectivity index (χ1n) is 5.66. The molecule has 1 saturated carbocycles. The molecule has 0 bridgehead atoms. The van der Waals surface area contributed by atoms with E-state index in [1.807, 2.05) is 19.4 Å². The molecule has 0 amide bonds. The van der Waals surface area contributed by atoms with Crippen molar-refractivity contribution in [2.75, 3.05) is 20.1 Å². The Balaban J connectivity index is 1.77. The lowest BCUT2D eigenvalue weighted by Gasteiger charge is -2.20. The van der Waals surface area contributed by atoms with Gasteiger partial charge in [0.15, 0.2) is 0 Å². The number of aromatic amines is 1. The monoisotopic (exact) mass is 222 g/mol. The molecule has 1 aliphatic rings. The van der Waals surface area contributed by atoms with Gasteiger partial charge in [0.25, 0.3) is 0 Å². The molecule has 2 rings (SSSR count). The zero-order valence-electron chi connectivity index (χ0n) is 9.57. The summed E-state index contributed by atoms with van der Waals surface area (Å²) in [5, 5.41) is 9.07. The third kappa shape index (κ3) is 2.44. The Kier molecular flexibility index (Phi) is 3.01. The molecule has 2 N–H and O–H groups in total. The van der Waals surface area contributed by atoms with Crippen LogP contribution in [0.2, 0.25) is 0 Å². The van der Waals surface area contributed by atoms with Crippen LogP contribution in [0.5, 0.6) is 0 Å². The number of H-pyrrole nitrogens is 1. The maximum atomic E-state index is 11.0. The number of carboxylic acids is 1. The number of carboxylic acid groups (broad SMARTS) is 1. The molecular weight excluding hydrogens is 204 g/mol. The average Bonchev–Trinajstić information content (AvgIpc) is 2.84. The first-order valence-corrected chi connectivity index (χ1v) is 5.66. The Labute approximate surface area is 95.3 Å². The fourth-order valence-electron chi connectivity index (χ4n) is 2.02. The van der Waals surface area contributed by atoms with Gasteiger partial charge >= 0.3 is 5.97 Å². The number of hydrogen-bond donors (Lipinski definition) is 2. The molecule has 0 unspecified atom stereocenters. The van der Waals surface area contributed by atoms with Crippen molar-refractivity contribution in [3.63, 3.8) is 0 Å². The topological polar surface area (TPSA) is 56.3 Å². The number of nitrogens with one attached hydrogen (secondary N) is 1. The van der Waals surface area contributed by atoms with Crippen molar-refractivity contribution in [2.24, 2.45) is 5.41 Å². The Morgan fingerprint density at radius 2 is 2.38 bits per heavy atom. The highest BCUT2D eigenvalue weighted by atomic mass is 16.4. The minimum Gasteiger partial charge on any atom is -0.481 e. The zero-order chi connectivity index (χ0) is 11.6. The summed E-state index contributed by atoms with van der Waals surface area (Å²) in [5.74, 6) is -0.638. The van der Waals surface area contributed by atoms with E-state index < -0.39 is 11.4 Å². The SMILES string of the molecule is CN(CCc1cc[nH]c1)CC1(C(=O)O)CC1. The van der Waals surface area contributed by atoms with Crippen LogP contribution in [-0.2, 0) is 11.2 Å². The number of rotatable bonds is 6. The van der Waals surface area contributed by atoms with E-state index >= 15 is 0 Å². The molecule has 4 nitrogen and oxygen atoms in total. The van der Waals surface area contributed by atoms with E-state index in [4.69, 9.17) is 5.11 Å². The number of carbonyl (C=O) groups is 1.